The Morgan fingerprint density at radius 2 is 1.86 bits per heavy atom. The first-order valence-electron chi connectivity index (χ1n) is 9.32. The molecule has 0 aliphatic rings. The maximum absolute atomic E-state index is 12.6. The Hall–Kier alpha value is -2.45. The van der Waals surface area contributed by atoms with Crippen molar-refractivity contribution >= 4 is 37.3 Å². The molecule has 0 radical (unpaired) electrons. The SMILES string of the molecule is CCn1c(=NC(=O)CS(=O)(=O)c2ccc(OC)cc2)sc2cc(C(C)C)ccc21. The van der Waals surface area contributed by atoms with Crippen molar-refractivity contribution in [1.29, 1.82) is 0 Å². The molecule has 3 rings (SSSR count). The van der Waals surface area contributed by atoms with Gasteiger partial charge in [0.25, 0.3) is 5.91 Å². The molecular weight excluding hydrogens is 408 g/mol. The fraction of sp³-hybridized carbons (Fsp3) is 0.333. The van der Waals surface area contributed by atoms with E-state index in [1.807, 2.05) is 17.6 Å². The first-order valence-corrected chi connectivity index (χ1v) is 11.8. The topological polar surface area (TPSA) is 77.7 Å². The number of benzene rings is 2. The van der Waals surface area contributed by atoms with E-state index in [-0.39, 0.29) is 4.90 Å². The minimum Gasteiger partial charge on any atom is -0.497 e. The van der Waals surface area contributed by atoms with Crippen molar-refractivity contribution < 1.29 is 17.9 Å². The summed E-state index contributed by atoms with van der Waals surface area (Å²) in [4.78, 5) is 17.2. The number of rotatable bonds is 6. The zero-order chi connectivity index (χ0) is 21.2. The molecule has 0 atom stereocenters. The molecule has 0 spiro atoms. The van der Waals surface area contributed by atoms with E-state index in [0.717, 1.165) is 10.2 Å². The maximum atomic E-state index is 12.6. The predicted octanol–water partition coefficient (Wildman–Crippen LogP) is 3.76. The normalized spacial score (nSPS) is 12.7. The number of nitrogens with zero attached hydrogens (tertiary/aromatic N) is 2. The van der Waals surface area contributed by atoms with E-state index < -0.39 is 21.5 Å². The summed E-state index contributed by atoms with van der Waals surface area (Å²) in [5, 5.41) is 0. The lowest BCUT2D eigenvalue weighted by Gasteiger charge is -2.05. The Labute approximate surface area is 174 Å². The second kappa shape index (κ2) is 8.51. The van der Waals surface area contributed by atoms with Crippen LogP contribution in [0.4, 0.5) is 0 Å². The van der Waals surface area contributed by atoms with Crippen molar-refractivity contribution in [3.63, 3.8) is 0 Å². The molecule has 0 N–H and O–H groups in total. The fourth-order valence-electron chi connectivity index (χ4n) is 3.01. The lowest BCUT2D eigenvalue weighted by Crippen LogP contribution is -2.20. The summed E-state index contributed by atoms with van der Waals surface area (Å²) in [6, 6.07) is 12.2. The van der Waals surface area contributed by atoms with Crippen molar-refractivity contribution in [2.24, 2.45) is 4.99 Å². The summed E-state index contributed by atoms with van der Waals surface area (Å²) >= 11 is 1.40. The van der Waals surface area contributed by atoms with Gasteiger partial charge in [-0.1, -0.05) is 31.3 Å². The van der Waals surface area contributed by atoms with Gasteiger partial charge in [0.05, 0.1) is 22.2 Å². The van der Waals surface area contributed by atoms with Gasteiger partial charge in [0.2, 0.25) is 0 Å². The van der Waals surface area contributed by atoms with E-state index >= 15 is 0 Å². The van der Waals surface area contributed by atoms with Crippen LogP contribution in [-0.2, 0) is 21.2 Å². The molecular formula is C21H24N2O4S2. The van der Waals surface area contributed by atoms with Crippen LogP contribution < -0.4 is 9.54 Å². The van der Waals surface area contributed by atoms with Gasteiger partial charge in [-0.2, -0.15) is 4.99 Å². The van der Waals surface area contributed by atoms with Crippen LogP contribution in [0.25, 0.3) is 10.2 Å². The fourth-order valence-corrected chi connectivity index (χ4v) is 5.27. The van der Waals surface area contributed by atoms with Crippen molar-refractivity contribution in [3.8, 4) is 5.75 Å². The molecule has 2 aromatic carbocycles. The number of aromatic nitrogens is 1. The van der Waals surface area contributed by atoms with Gasteiger partial charge in [-0.3, -0.25) is 4.79 Å². The second-order valence-corrected chi connectivity index (χ2v) is 9.95. The zero-order valence-electron chi connectivity index (χ0n) is 16.9. The Kier molecular flexibility index (Phi) is 6.24. The Balaban J connectivity index is 1.94. The molecule has 0 saturated carbocycles. The van der Waals surface area contributed by atoms with E-state index in [1.165, 1.54) is 36.1 Å². The third-order valence-corrected chi connectivity index (χ3v) is 7.30. The molecule has 0 aliphatic heterocycles. The largest absolute Gasteiger partial charge is 0.497 e. The molecule has 0 saturated heterocycles. The molecule has 3 aromatic rings. The second-order valence-electron chi connectivity index (χ2n) is 6.95. The number of methoxy groups -OCH3 is 1. The van der Waals surface area contributed by atoms with Crippen LogP contribution in [0.2, 0.25) is 0 Å². The summed E-state index contributed by atoms with van der Waals surface area (Å²) in [6.07, 6.45) is 0. The van der Waals surface area contributed by atoms with Gasteiger partial charge in [0.1, 0.15) is 11.5 Å². The van der Waals surface area contributed by atoms with Crippen molar-refractivity contribution in [1.82, 2.24) is 4.57 Å². The molecule has 0 bridgehead atoms. The Morgan fingerprint density at radius 3 is 2.45 bits per heavy atom. The molecule has 29 heavy (non-hydrogen) atoms. The summed E-state index contributed by atoms with van der Waals surface area (Å²) in [5.41, 5.74) is 2.20. The number of hydrogen-bond donors (Lipinski definition) is 0. The summed E-state index contributed by atoms with van der Waals surface area (Å²) in [6.45, 7) is 6.86. The highest BCUT2D eigenvalue weighted by Gasteiger charge is 2.19. The molecule has 8 heteroatoms. The standard InChI is InChI=1S/C21H24N2O4S2/c1-5-23-18-11-6-15(14(2)3)12-19(18)28-21(23)22-20(24)13-29(25,26)17-9-7-16(27-4)8-10-17/h6-12,14H,5,13H2,1-4H3. The minimum atomic E-state index is -3.78. The highest BCUT2D eigenvalue weighted by molar-refractivity contribution is 7.92. The van der Waals surface area contributed by atoms with Crippen LogP contribution in [0.15, 0.2) is 52.4 Å². The molecule has 1 amide bonds. The van der Waals surface area contributed by atoms with E-state index in [0.29, 0.717) is 23.0 Å². The number of fused-ring (bicyclic) bond motifs is 1. The molecule has 154 valence electrons. The van der Waals surface area contributed by atoms with Crippen molar-refractivity contribution in [2.45, 2.75) is 38.1 Å². The third-order valence-electron chi connectivity index (χ3n) is 4.64. The number of ether oxygens (including phenoxy) is 1. The highest BCUT2D eigenvalue weighted by atomic mass is 32.2. The first-order chi connectivity index (χ1) is 13.7. The number of amides is 1. The average molecular weight is 433 g/mol. The smallest absolute Gasteiger partial charge is 0.263 e. The molecule has 0 fully saturated rings. The average Bonchev–Trinajstić information content (AvgIpc) is 3.03. The van der Waals surface area contributed by atoms with Gasteiger partial charge in [0.15, 0.2) is 14.6 Å². The lowest BCUT2D eigenvalue weighted by atomic mass is 10.0. The van der Waals surface area contributed by atoms with Gasteiger partial charge >= 0.3 is 0 Å². The third kappa shape index (κ3) is 4.59. The zero-order valence-corrected chi connectivity index (χ0v) is 18.5. The Bertz CT molecular complexity index is 1200. The number of aryl methyl sites for hydroxylation is 1. The summed E-state index contributed by atoms with van der Waals surface area (Å²) in [7, 11) is -2.27. The first kappa shape index (κ1) is 21.3. The minimum absolute atomic E-state index is 0.0723. The number of sulfone groups is 1. The van der Waals surface area contributed by atoms with Crippen molar-refractivity contribution in [3.05, 3.63) is 52.8 Å². The van der Waals surface area contributed by atoms with Gasteiger partial charge in [0, 0.05) is 6.54 Å². The molecule has 6 nitrogen and oxygen atoms in total. The molecule has 1 aromatic heterocycles. The van der Waals surface area contributed by atoms with Crippen LogP contribution in [0.1, 0.15) is 32.3 Å². The Morgan fingerprint density at radius 1 is 1.17 bits per heavy atom. The van der Waals surface area contributed by atoms with Gasteiger partial charge in [-0.15, -0.1) is 0 Å². The van der Waals surface area contributed by atoms with Gasteiger partial charge < -0.3 is 9.30 Å². The summed E-state index contributed by atoms with van der Waals surface area (Å²) in [5.74, 6) is -0.406. The number of carbonyl (C=O) groups excluding carboxylic acids is 1. The van der Waals surface area contributed by atoms with Gasteiger partial charge in [-0.25, -0.2) is 8.42 Å². The number of carbonyl (C=O) groups is 1. The molecule has 0 aliphatic carbocycles. The highest BCUT2D eigenvalue weighted by Crippen LogP contribution is 2.23. The van der Waals surface area contributed by atoms with Crippen LogP contribution in [-0.4, -0.2) is 31.8 Å². The summed E-state index contributed by atoms with van der Waals surface area (Å²) < 4.78 is 33.1. The number of hydrogen-bond acceptors (Lipinski definition) is 5. The van der Waals surface area contributed by atoms with Gasteiger partial charge in [-0.05, 0) is 54.8 Å². The number of thiazole rings is 1. The van der Waals surface area contributed by atoms with Crippen molar-refractivity contribution in [2.75, 3.05) is 12.9 Å². The lowest BCUT2D eigenvalue weighted by molar-refractivity contribution is -0.115. The maximum Gasteiger partial charge on any atom is 0.263 e. The van der Waals surface area contributed by atoms with Crippen LogP contribution in [0.3, 0.4) is 0 Å². The van der Waals surface area contributed by atoms with Crippen LogP contribution in [0.5, 0.6) is 5.75 Å². The predicted molar refractivity (Wildman–Crippen MR) is 115 cm³/mol. The van der Waals surface area contributed by atoms with Crippen LogP contribution in [0, 0.1) is 0 Å². The quantitative estimate of drug-likeness (QED) is 0.594. The molecule has 1 heterocycles. The molecule has 0 unspecified atom stereocenters. The van der Waals surface area contributed by atoms with Crippen LogP contribution >= 0.6 is 11.3 Å². The monoisotopic (exact) mass is 432 g/mol. The van der Waals surface area contributed by atoms with E-state index in [9.17, 15) is 13.2 Å². The van der Waals surface area contributed by atoms with E-state index in [1.54, 1.807) is 12.1 Å². The van der Waals surface area contributed by atoms with E-state index in [2.05, 4.69) is 31.0 Å². The van der Waals surface area contributed by atoms with E-state index in [4.69, 9.17) is 4.74 Å².